The van der Waals surface area contributed by atoms with Gasteiger partial charge in [-0.1, -0.05) is 42.0 Å². The third-order valence-corrected chi connectivity index (χ3v) is 6.62. The molecule has 2 aliphatic rings. The van der Waals surface area contributed by atoms with Crippen LogP contribution in [0.2, 0.25) is 0 Å². The lowest BCUT2D eigenvalue weighted by atomic mass is 9.90. The second-order valence-electron chi connectivity index (χ2n) is 8.47. The van der Waals surface area contributed by atoms with Gasteiger partial charge in [0.25, 0.3) is 0 Å². The summed E-state index contributed by atoms with van der Waals surface area (Å²) in [4.78, 5) is 2.41. The van der Waals surface area contributed by atoms with Crippen molar-refractivity contribution < 1.29 is 4.42 Å². The number of hydrogen-bond donors (Lipinski definition) is 0. The quantitative estimate of drug-likeness (QED) is 0.348. The van der Waals surface area contributed by atoms with Crippen LogP contribution in [0.1, 0.15) is 40.7 Å². The van der Waals surface area contributed by atoms with Gasteiger partial charge in [0.1, 0.15) is 5.58 Å². The van der Waals surface area contributed by atoms with E-state index in [1.54, 1.807) is 0 Å². The van der Waals surface area contributed by atoms with Crippen LogP contribution < -0.4 is 4.90 Å². The van der Waals surface area contributed by atoms with E-state index in [2.05, 4.69) is 72.5 Å². The van der Waals surface area contributed by atoms with E-state index < -0.39 is 0 Å². The summed E-state index contributed by atoms with van der Waals surface area (Å²) in [6.07, 6.45) is 6.95. The molecule has 0 fully saturated rings. The molecular weight excluding hydrogens is 354 g/mol. The van der Waals surface area contributed by atoms with E-state index in [9.17, 15) is 0 Å². The molecule has 1 aliphatic carbocycles. The molecule has 2 nitrogen and oxygen atoms in total. The van der Waals surface area contributed by atoms with Crippen molar-refractivity contribution in [3.05, 3.63) is 88.5 Å². The lowest BCUT2D eigenvalue weighted by Crippen LogP contribution is -2.15. The van der Waals surface area contributed by atoms with Gasteiger partial charge in [0.2, 0.25) is 5.88 Å². The summed E-state index contributed by atoms with van der Waals surface area (Å²) in [6, 6.07) is 22.2. The Kier molecular flexibility index (Phi) is 3.80. The number of fused-ring (bicyclic) bond motifs is 5. The summed E-state index contributed by atoms with van der Waals surface area (Å²) in [5, 5.41) is 1.27. The Morgan fingerprint density at radius 1 is 0.724 bits per heavy atom. The Balaban J connectivity index is 1.66. The van der Waals surface area contributed by atoms with Gasteiger partial charge >= 0.3 is 0 Å². The predicted octanol–water partition coefficient (Wildman–Crippen LogP) is 7.19. The fraction of sp³-hybridized carbons (Fsp3) is 0.259. The van der Waals surface area contributed by atoms with E-state index in [1.165, 1.54) is 63.8 Å². The van der Waals surface area contributed by atoms with Crippen LogP contribution in [-0.4, -0.2) is 0 Å². The number of nitrogens with zero attached hydrogens (tertiary/aromatic N) is 1. The zero-order chi connectivity index (χ0) is 19.4. The SMILES string of the molecule is Cc1ccc2oc3c(c2c1)CCc1ccccc1N3c1cccc2c1CCCC2. The van der Waals surface area contributed by atoms with Crippen molar-refractivity contribution in [1.82, 2.24) is 0 Å². The molecular formula is C27H25NO. The predicted molar refractivity (Wildman–Crippen MR) is 120 cm³/mol. The van der Waals surface area contributed by atoms with E-state index in [-0.39, 0.29) is 0 Å². The molecule has 6 rings (SSSR count). The van der Waals surface area contributed by atoms with Gasteiger partial charge in [0.05, 0.1) is 11.4 Å². The zero-order valence-corrected chi connectivity index (χ0v) is 16.9. The van der Waals surface area contributed by atoms with E-state index in [4.69, 9.17) is 4.42 Å². The summed E-state index contributed by atoms with van der Waals surface area (Å²) in [6.45, 7) is 2.16. The fourth-order valence-electron chi connectivity index (χ4n) is 5.19. The van der Waals surface area contributed by atoms with Crippen molar-refractivity contribution in [3.63, 3.8) is 0 Å². The van der Waals surface area contributed by atoms with E-state index in [1.807, 2.05) is 0 Å². The molecule has 29 heavy (non-hydrogen) atoms. The Morgan fingerprint density at radius 2 is 1.55 bits per heavy atom. The topological polar surface area (TPSA) is 16.4 Å². The molecule has 0 atom stereocenters. The number of rotatable bonds is 1. The molecule has 144 valence electrons. The molecule has 0 bridgehead atoms. The third kappa shape index (κ3) is 2.62. The van der Waals surface area contributed by atoms with Crippen LogP contribution in [0.5, 0.6) is 0 Å². The number of anilines is 3. The Bertz CT molecular complexity index is 1230. The molecule has 1 aliphatic heterocycles. The van der Waals surface area contributed by atoms with Crippen LogP contribution in [0, 0.1) is 6.92 Å². The summed E-state index contributed by atoms with van der Waals surface area (Å²) in [5.41, 5.74) is 10.6. The van der Waals surface area contributed by atoms with Crippen LogP contribution in [0.4, 0.5) is 17.3 Å². The largest absolute Gasteiger partial charge is 0.439 e. The van der Waals surface area contributed by atoms with Gasteiger partial charge < -0.3 is 4.42 Å². The molecule has 0 unspecified atom stereocenters. The van der Waals surface area contributed by atoms with Crippen molar-refractivity contribution in [3.8, 4) is 0 Å². The summed E-state index contributed by atoms with van der Waals surface area (Å²) in [7, 11) is 0. The highest BCUT2D eigenvalue weighted by atomic mass is 16.4. The minimum atomic E-state index is 0.995. The number of furan rings is 1. The smallest absolute Gasteiger partial charge is 0.209 e. The highest BCUT2D eigenvalue weighted by Gasteiger charge is 2.29. The van der Waals surface area contributed by atoms with Gasteiger partial charge in [0.15, 0.2) is 0 Å². The lowest BCUT2D eigenvalue weighted by Gasteiger charge is -2.29. The van der Waals surface area contributed by atoms with Crippen LogP contribution in [-0.2, 0) is 25.7 Å². The minimum absolute atomic E-state index is 0.995. The minimum Gasteiger partial charge on any atom is -0.439 e. The van der Waals surface area contributed by atoms with Gasteiger partial charge in [-0.3, -0.25) is 4.90 Å². The van der Waals surface area contributed by atoms with Gasteiger partial charge in [-0.2, -0.15) is 0 Å². The Labute approximate surface area is 171 Å². The van der Waals surface area contributed by atoms with E-state index in [0.29, 0.717) is 0 Å². The first-order valence-electron chi connectivity index (χ1n) is 10.8. The zero-order valence-electron chi connectivity index (χ0n) is 16.9. The first-order chi connectivity index (χ1) is 14.3. The first-order valence-corrected chi connectivity index (χ1v) is 10.8. The standard InChI is InChI=1S/C27H25NO/c1-18-13-16-26-23(17-18)22-15-14-20-8-3-5-11-24(20)28(27(22)29-26)25-12-6-9-19-7-2-4-10-21(19)25/h3,5-6,8-9,11-13,16-17H,2,4,7,10,14-15H2,1H3. The average Bonchev–Trinajstić information content (AvgIpc) is 3.02. The van der Waals surface area contributed by atoms with E-state index in [0.717, 1.165) is 30.7 Å². The van der Waals surface area contributed by atoms with Gasteiger partial charge in [-0.05, 0) is 86.4 Å². The molecule has 0 radical (unpaired) electrons. The van der Waals surface area contributed by atoms with Crippen molar-refractivity contribution in [2.45, 2.75) is 45.4 Å². The molecule has 2 heterocycles. The van der Waals surface area contributed by atoms with Crippen molar-refractivity contribution in [2.75, 3.05) is 4.90 Å². The van der Waals surface area contributed by atoms with Crippen LogP contribution in [0.25, 0.3) is 11.0 Å². The van der Waals surface area contributed by atoms with Gasteiger partial charge in [-0.25, -0.2) is 0 Å². The Hall–Kier alpha value is -3.00. The molecule has 2 heteroatoms. The summed E-state index contributed by atoms with van der Waals surface area (Å²) < 4.78 is 6.57. The summed E-state index contributed by atoms with van der Waals surface area (Å²) in [5.74, 6) is 1.01. The molecule has 0 spiro atoms. The lowest BCUT2D eigenvalue weighted by molar-refractivity contribution is 0.615. The molecule has 3 aromatic carbocycles. The van der Waals surface area contributed by atoms with Crippen molar-refractivity contribution in [1.29, 1.82) is 0 Å². The second kappa shape index (κ2) is 6.52. The van der Waals surface area contributed by atoms with Crippen molar-refractivity contribution >= 4 is 28.2 Å². The second-order valence-corrected chi connectivity index (χ2v) is 8.47. The molecule has 0 saturated carbocycles. The Morgan fingerprint density at radius 3 is 2.52 bits per heavy atom. The molecule has 0 amide bonds. The molecule has 0 saturated heterocycles. The van der Waals surface area contributed by atoms with Crippen LogP contribution >= 0.6 is 0 Å². The average molecular weight is 380 g/mol. The number of benzene rings is 3. The summed E-state index contributed by atoms with van der Waals surface area (Å²) >= 11 is 0. The maximum Gasteiger partial charge on any atom is 0.209 e. The fourth-order valence-corrected chi connectivity index (χ4v) is 5.19. The maximum atomic E-state index is 6.57. The molecule has 1 aromatic heterocycles. The first kappa shape index (κ1) is 16.9. The highest BCUT2D eigenvalue weighted by Crippen LogP contribution is 2.47. The van der Waals surface area contributed by atoms with Crippen LogP contribution in [0.3, 0.4) is 0 Å². The monoisotopic (exact) mass is 379 g/mol. The normalized spacial score (nSPS) is 15.6. The maximum absolute atomic E-state index is 6.57. The van der Waals surface area contributed by atoms with E-state index >= 15 is 0 Å². The third-order valence-electron chi connectivity index (χ3n) is 6.62. The van der Waals surface area contributed by atoms with Crippen LogP contribution in [0.15, 0.2) is 65.1 Å². The van der Waals surface area contributed by atoms with Gasteiger partial charge in [0, 0.05) is 10.9 Å². The van der Waals surface area contributed by atoms with Crippen molar-refractivity contribution in [2.24, 2.45) is 0 Å². The number of hydrogen-bond acceptors (Lipinski definition) is 2. The molecule has 0 N–H and O–H groups in total. The van der Waals surface area contributed by atoms with Gasteiger partial charge in [-0.15, -0.1) is 0 Å². The molecule has 4 aromatic rings. The number of para-hydroxylation sites is 1. The highest BCUT2D eigenvalue weighted by molar-refractivity contribution is 5.92. The number of aryl methyl sites for hydroxylation is 4.